The van der Waals surface area contributed by atoms with Gasteiger partial charge in [0.1, 0.15) is 0 Å². The molecule has 4 heteroatoms. The van der Waals surface area contributed by atoms with Crippen LogP contribution in [0.2, 0.25) is 0 Å². The molecule has 0 unspecified atom stereocenters. The lowest BCUT2D eigenvalue weighted by Gasteiger charge is -2.03. The third kappa shape index (κ3) is 2.13. The normalized spacial score (nSPS) is 11.9. The van der Waals surface area contributed by atoms with Crippen molar-refractivity contribution in [2.75, 3.05) is 0 Å². The van der Waals surface area contributed by atoms with Crippen molar-refractivity contribution in [1.29, 1.82) is 0 Å². The van der Waals surface area contributed by atoms with E-state index in [1.807, 2.05) is 16.8 Å². The third-order valence-corrected chi connectivity index (χ3v) is 4.46. The maximum Gasteiger partial charge on any atom is 0.182 e. The Bertz CT molecular complexity index is 1020. The van der Waals surface area contributed by atoms with Crippen molar-refractivity contribution in [3.63, 3.8) is 0 Å². The highest BCUT2D eigenvalue weighted by molar-refractivity contribution is 5.88. The van der Waals surface area contributed by atoms with Crippen LogP contribution in [0.5, 0.6) is 0 Å². The summed E-state index contributed by atoms with van der Waals surface area (Å²) in [4.78, 5) is 4.72. The van der Waals surface area contributed by atoms with Crippen molar-refractivity contribution in [2.45, 2.75) is 26.7 Å². The maximum absolute atomic E-state index is 4.72. The van der Waals surface area contributed by atoms with Gasteiger partial charge in [0.2, 0.25) is 0 Å². The van der Waals surface area contributed by atoms with Crippen LogP contribution in [0.4, 0.5) is 0 Å². The predicted molar refractivity (Wildman–Crippen MR) is 93.7 cm³/mol. The van der Waals surface area contributed by atoms with Gasteiger partial charge in [-0.3, -0.25) is 0 Å². The highest BCUT2D eigenvalue weighted by Crippen LogP contribution is 2.30. The number of nitrogens with zero attached hydrogens (tertiary/aromatic N) is 4. The molecule has 0 atom stereocenters. The molecule has 0 aliphatic heterocycles. The summed E-state index contributed by atoms with van der Waals surface area (Å²) in [7, 11) is 2.10. The second-order valence-corrected chi connectivity index (χ2v) is 6.48. The zero-order chi connectivity index (χ0) is 16.1. The zero-order valence-electron chi connectivity index (χ0n) is 13.9. The molecular formula is C19H20N4. The van der Waals surface area contributed by atoms with Crippen LogP contribution in [0, 0.1) is 6.92 Å². The second kappa shape index (κ2) is 4.95. The van der Waals surface area contributed by atoms with Gasteiger partial charge < -0.3 is 4.57 Å². The van der Waals surface area contributed by atoms with E-state index in [1.165, 1.54) is 16.5 Å². The number of aryl methyl sites for hydroxylation is 2. The topological polar surface area (TPSA) is 35.1 Å². The minimum absolute atomic E-state index is 0.491. The summed E-state index contributed by atoms with van der Waals surface area (Å²) in [6, 6.07) is 10.5. The lowest BCUT2D eigenvalue weighted by molar-refractivity contribution is 0.857. The molecule has 0 saturated heterocycles. The fourth-order valence-electron chi connectivity index (χ4n) is 3.18. The third-order valence-electron chi connectivity index (χ3n) is 4.46. The van der Waals surface area contributed by atoms with E-state index in [9.17, 15) is 0 Å². The Morgan fingerprint density at radius 2 is 1.96 bits per heavy atom. The molecule has 0 radical (unpaired) electrons. The summed E-state index contributed by atoms with van der Waals surface area (Å²) in [6.45, 7) is 6.52. The van der Waals surface area contributed by atoms with Crippen molar-refractivity contribution in [1.82, 2.24) is 19.2 Å². The molecule has 23 heavy (non-hydrogen) atoms. The standard InChI is InChI=1S/C19H20N4/c1-12(2)16-11-22(4)17-8-7-14(10-15(16)17)18-20-19-13(3)6-5-9-23(19)21-18/h5-12H,1-4H3. The van der Waals surface area contributed by atoms with Crippen LogP contribution >= 0.6 is 0 Å². The van der Waals surface area contributed by atoms with Gasteiger partial charge in [0.15, 0.2) is 11.5 Å². The summed E-state index contributed by atoms with van der Waals surface area (Å²) in [5.74, 6) is 1.27. The highest BCUT2D eigenvalue weighted by Gasteiger charge is 2.13. The molecule has 0 saturated carbocycles. The number of fused-ring (bicyclic) bond motifs is 2. The molecule has 4 rings (SSSR count). The molecule has 3 aromatic heterocycles. The Morgan fingerprint density at radius 1 is 1.13 bits per heavy atom. The van der Waals surface area contributed by atoms with Gasteiger partial charge in [-0.25, -0.2) is 9.50 Å². The monoisotopic (exact) mass is 304 g/mol. The number of rotatable bonds is 2. The number of hydrogen-bond donors (Lipinski definition) is 0. The van der Waals surface area contributed by atoms with Gasteiger partial charge in [-0.2, -0.15) is 0 Å². The Morgan fingerprint density at radius 3 is 2.70 bits per heavy atom. The van der Waals surface area contributed by atoms with Gasteiger partial charge in [-0.15, -0.1) is 5.10 Å². The Hall–Kier alpha value is -2.62. The van der Waals surface area contributed by atoms with Gasteiger partial charge in [-0.1, -0.05) is 19.9 Å². The smallest absolute Gasteiger partial charge is 0.182 e. The first kappa shape index (κ1) is 14.0. The van der Waals surface area contributed by atoms with Crippen molar-refractivity contribution < 1.29 is 0 Å². The van der Waals surface area contributed by atoms with E-state index in [0.29, 0.717) is 5.92 Å². The molecule has 116 valence electrons. The average Bonchev–Trinajstić information content (AvgIpc) is 3.10. The summed E-state index contributed by atoms with van der Waals surface area (Å²) < 4.78 is 4.04. The summed E-state index contributed by atoms with van der Waals surface area (Å²) >= 11 is 0. The maximum atomic E-state index is 4.72. The van der Waals surface area contributed by atoms with Gasteiger partial charge in [0.25, 0.3) is 0 Å². The molecule has 1 aromatic carbocycles. The lowest BCUT2D eigenvalue weighted by atomic mass is 10.0. The molecule has 0 amide bonds. The zero-order valence-corrected chi connectivity index (χ0v) is 13.9. The lowest BCUT2D eigenvalue weighted by Crippen LogP contribution is -1.88. The fourth-order valence-corrected chi connectivity index (χ4v) is 3.18. The number of hydrogen-bond acceptors (Lipinski definition) is 2. The highest BCUT2D eigenvalue weighted by atomic mass is 15.3. The van der Waals surface area contributed by atoms with Crippen LogP contribution < -0.4 is 0 Å². The largest absolute Gasteiger partial charge is 0.350 e. The SMILES string of the molecule is Cc1cccn2nc(-c3ccc4c(c3)c(C(C)C)cn4C)nc12. The van der Waals surface area contributed by atoms with Gasteiger partial charge in [0.05, 0.1) is 0 Å². The van der Waals surface area contributed by atoms with Gasteiger partial charge >= 0.3 is 0 Å². The van der Waals surface area contributed by atoms with Crippen LogP contribution in [0.1, 0.15) is 30.9 Å². The molecule has 4 nitrogen and oxygen atoms in total. The molecule has 4 aromatic rings. The minimum Gasteiger partial charge on any atom is -0.350 e. The van der Waals surface area contributed by atoms with E-state index in [4.69, 9.17) is 4.98 Å². The van der Waals surface area contributed by atoms with Crippen molar-refractivity contribution >= 4 is 16.6 Å². The van der Waals surface area contributed by atoms with Crippen LogP contribution in [0.3, 0.4) is 0 Å². The van der Waals surface area contributed by atoms with Crippen LogP contribution in [-0.4, -0.2) is 19.2 Å². The van der Waals surface area contributed by atoms with Crippen molar-refractivity contribution in [3.8, 4) is 11.4 Å². The van der Waals surface area contributed by atoms with Crippen molar-refractivity contribution in [2.24, 2.45) is 7.05 Å². The van der Waals surface area contributed by atoms with Crippen LogP contribution in [0.25, 0.3) is 27.9 Å². The first-order chi connectivity index (χ1) is 11.0. The number of pyridine rings is 1. The van der Waals surface area contributed by atoms with E-state index in [2.05, 4.69) is 67.9 Å². The Kier molecular flexibility index (Phi) is 3.01. The quantitative estimate of drug-likeness (QED) is 0.553. The summed E-state index contributed by atoms with van der Waals surface area (Å²) in [5.41, 5.74) is 5.73. The molecule has 0 fully saturated rings. The van der Waals surface area contributed by atoms with Gasteiger partial charge in [0, 0.05) is 35.9 Å². The van der Waals surface area contributed by atoms with E-state index >= 15 is 0 Å². The molecule has 0 bridgehead atoms. The van der Waals surface area contributed by atoms with E-state index < -0.39 is 0 Å². The predicted octanol–water partition coefficient (Wildman–Crippen LogP) is 4.32. The number of benzene rings is 1. The van der Waals surface area contributed by atoms with E-state index in [-0.39, 0.29) is 0 Å². The molecule has 0 aliphatic rings. The summed E-state index contributed by atoms with van der Waals surface area (Å²) in [5, 5.41) is 5.92. The average molecular weight is 304 g/mol. The molecule has 0 spiro atoms. The van der Waals surface area contributed by atoms with Crippen LogP contribution in [0.15, 0.2) is 42.7 Å². The minimum atomic E-state index is 0.491. The summed E-state index contributed by atoms with van der Waals surface area (Å²) in [6.07, 6.45) is 4.17. The Labute approximate surface area is 135 Å². The second-order valence-electron chi connectivity index (χ2n) is 6.48. The Balaban J connectivity index is 1.94. The molecule has 3 heterocycles. The van der Waals surface area contributed by atoms with E-state index in [0.717, 1.165) is 22.6 Å². The van der Waals surface area contributed by atoms with Gasteiger partial charge in [-0.05, 0) is 48.2 Å². The van der Waals surface area contributed by atoms with Crippen molar-refractivity contribution in [3.05, 3.63) is 53.9 Å². The van der Waals surface area contributed by atoms with Crippen LogP contribution in [-0.2, 0) is 7.05 Å². The number of aromatic nitrogens is 4. The first-order valence-electron chi connectivity index (χ1n) is 7.96. The fraction of sp³-hybridized carbons (Fsp3) is 0.263. The van der Waals surface area contributed by atoms with E-state index in [1.54, 1.807) is 0 Å². The molecular weight excluding hydrogens is 284 g/mol. The first-order valence-corrected chi connectivity index (χ1v) is 7.96. The molecule has 0 N–H and O–H groups in total. The molecule has 0 aliphatic carbocycles.